The zero-order valence-electron chi connectivity index (χ0n) is 14.4. The van der Waals surface area contributed by atoms with Gasteiger partial charge in [-0.15, -0.1) is 0 Å². The van der Waals surface area contributed by atoms with Crippen LogP contribution in [-0.4, -0.2) is 49.2 Å². The lowest BCUT2D eigenvalue weighted by atomic mass is 9.94. The molecule has 0 aromatic heterocycles. The van der Waals surface area contributed by atoms with Crippen molar-refractivity contribution in [1.29, 1.82) is 0 Å². The van der Waals surface area contributed by atoms with Gasteiger partial charge in [-0.1, -0.05) is 26.7 Å². The Morgan fingerprint density at radius 3 is 2.71 bits per heavy atom. The molecule has 0 aromatic carbocycles. The van der Waals surface area contributed by atoms with E-state index in [1.165, 1.54) is 45.8 Å². The van der Waals surface area contributed by atoms with E-state index in [1.54, 1.807) is 0 Å². The largest absolute Gasteiger partial charge is 0.468 e. The number of piperidine rings is 1. The molecular weight excluding hydrogens is 264 g/mol. The summed E-state index contributed by atoms with van der Waals surface area (Å²) in [5.41, 5.74) is -0.557. The molecule has 1 rings (SSSR count). The van der Waals surface area contributed by atoms with E-state index in [-0.39, 0.29) is 5.97 Å². The summed E-state index contributed by atoms with van der Waals surface area (Å²) in [6, 6.07) is 0.705. The number of carbonyl (C=O) groups is 1. The molecule has 2 atom stereocenters. The van der Waals surface area contributed by atoms with E-state index in [2.05, 4.69) is 24.1 Å². The van der Waals surface area contributed by atoms with Crippen LogP contribution in [0.5, 0.6) is 0 Å². The second kappa shape index (κ2) is 9.42. The lowest BCUT2D eigenvalue weighted by Crippen LogP contribution is -2.53. The number of methoxy groups -OCH3 is 1. The van der Waals surface area contributed by atoms with Crippen molar-refractivity contribution in [3.8, 4) is 0 Å². The van der Waals surface area contributed by atoms with Crippen molar-refractivity contribution in [2.45, 2.75) is 77.3 Å². The first-order valence-corrected chi connectivity index (χ1v) is 8.64. The Kier molecular flexibility index (Phi) is 8.27. The molecule has 0 radical (unpaired) electrons. The lowest BCUT2D eigenvalue weighted by molar-refractivity contribution is -0.148. The molecule has 1 aliphatic heterocycles. The number of esters is 1. The Morgan fingerprint density at radius 2 is 2.10 bits per heavy atom. The van der Waals surface area contributed by atoms with Crippen LogP contribution in [0.1, 0.15) is 65.7 Å². The van der Waals surface area contributed by atoms with Gasteiger partial charge >= 0.3 is 5.97 Å². The van der Waals surface area contributed by atoms with Crippen LogP contribution in [0.25, 0.3) is 0 Å². The van der Waals surface area contributed by atoms with Gasteiger partial charge in [-0.2, -0.15) is 0 Å². The molecule has 0 bridgehead atoms. The van der Waals surface area contributed by atoms with Crippen LogP contribution in [0, 0.1) is 0 Å². The maximum atomic E-state index is 12.1. The average molecular weight is 298 g/mol. The van der Waals surface area contributed by atoms with Crippen LogP contribution in [0.2, 0.25) is 0 Å². The molecule has 1 heterocycles. The van der Waals surface area contributed by atoms with Gasteiger partial charge in [-0.25, -0.2) is 0 Å². The van der Waals surface area contributed by atoms with E-state index in [1.807, 2.05) is 6.92 Å². The molecule has 4 heteroatoms. The number of nitrogens with one attached hydrogen (secondary N) is 1. The van der Waals surface area contributed by atoms with Crippen LogP contribution >= 0.6 is 0 Å². The Bertz CT molecular complexity index is 307. The van der Waals surface area contributed by atoms with E-state index in [0.29, 0.717) is 6.04 Å². The first kappa shape index (κ1) is 18.4. The number of nitrogens with zero attached hydrogens (tertiary/aromatic N) is 1. The van der Waals surface area contributed by atoms with Crippen molar-refractivity contribution >= 4 is 5.97 Å². The highest BCUT2D eigenvalue weighted by atomic mass is 16.5. The summed E-state index contributed by atoms with van der Waals surface area (Å²) in [6.45, 7) is 9.36. The van der Waals surface area contributed by atoms with E-state index in [9.17, 15) is 4.79 Å². The molecular formula is C17H34N2O2. The number of hydrogen-bond acceptors (Lipinski definition) is 4. The van der Waals surface area contributed by atoms with Crippen molar-refractivity contribution in [2.24, 2.45) is 0 Å². The molecule has 0 aliphatic carbocycles. The molecule has 1 N–H and O–H groups in total. The van der Waals surface area contributed by atoms with E-state index in [4.69, 9.17) is 4.74 Å². The SMILES string of the molecule is CCCNC(C)(CCN1CCCCC1CCC)C(=O)OC. The summed E-state index contributed by atoms with van der Waals surface area (Å²) in [4.78, 5) is 14.7. The van der Waals surface area contributed by atoms with E-state index < -0.39 is 5.54 Å². The van der Waals surface area contributed by atoms with Crippen LogP contribution in [0.4, 0.5) is 0 Å². The Hall–Kier alpha value is -0.610. The number of hydrogen-bond donors (Lipinski definition) is 1. The molecule has 0 spiro atoms. The Morgan fingerprint density at radius 1 is 1.33 bits per heavy atom. The highest BCUT2D eigenvalue weighted by molar-refractivity contribution is 5.80. The molecule has 0 amide bonds. The predicted octanol–water partition coefficient (Wildman–Crippen LogP) is 2.96. The number of likely N-dealkylation sites (tertiary alicyclic amines) is 1. The van der Waals surface area contributed by atoms with Gasteiger partial charge in [0.05, 0.1) is 7.11 Å². The fourth-order valence-electron chi connectivity index (χ4n) is 3.27. The zero-order valence-corrected chi connectivity index (χ0v) is 14.4. The smallest absolute Gasteiger partial charge is 0.325 e. The van der Waals surface area contributed by atoms with Gasteiger partial charge in [0.1, 0.15) is 5.54 Å². The van der Waals surface area contributed by atoms with Gasteiger partial charge in [-0.3, -0.25) is 4.79 Å². The highest BCUT2D eigenvalue weighted by Gasteiger charge is 2.34. The summed E-state index contributed by atoms with van der Waals surface area (Å²) >= 11 is 0. The second-order valence-corrected chi connectivity index (χ2v) is 6.47. The van der Waals surface area contributed by atoms with Crippen LogP contribution in [0.15, 0.2) is 0 Å². The van der Waals surface area contributed by atoms with Crippen LogP contribution in [0.3, 0.4) is 0 Å². The molecule has 1 saturated heterocycles. The molecule has 124 valence electrons. The molecule has 0 aromatic rings. The van der Waals surface area contributed by atoms with E-state index in [0.717, 1.165) is 25.9 Å². The van der Waals surface area contributed by atoms with Crippen molar-refractivity contribution in [1.82, 2.24) is 10.2 Å². The van der Waals surface area contributed by atoms with E-state index >= 15 is 0 Å². The standard InChI is InChI=1S/C17H34N2O2/c1-5-9-15-10-7-8-13-19(15)14-11-17(3,16(20)21-4)18-12-6-2/h15,18H,5-14H2,1-4H3. The zero-order chi connectivity index (χ0) is 15.7. The van der Waals surface area contributed by atoms with Gasteiger partial charge in [0, 0.05) is 12.6 Å². The Labute approximate surface area is 130 Å². The number of ether oxygens (including phenoxy) is 1. The van der Waals surface area contributed by atoms with Crippen molar-refractivity contribution < 1.29 is 9.53 Å². The predicted molar refractivity (Wildman–Crippen MR) is 87.5 cm³/mol. The summed E-state index contributed by atoms with van der Waals surface area (Å²) in [5, 5.41) is 3.38. The number of carbonyl (C=O) groups excluding carboxylic acids is 1. The summed E-state index contributed by atoms with van der Waals surface area (Å²) in [6.07, 6.45) is 8.31. The molecule has 21 heavy (non-hydrogen) atoms. The fraction of sp³-hybridized carbons (Fsp3) is 0.941. The van der Waals surface area contributed by atoms with Crippen molar-refractivity contribution in [2.75, 3.05) is 26.7 Å². The third kappa shape index (κ3) is 5.59. The molecule has 0 saturated carbocycles. The van der Waals surface area contributed by atoms with Crippen LogP contribution in [-0.2, 0) is 9.53 Å². The van der Waals surface area contributed by atoms with Gasteiger partial charge in [0.15, 0.2) is 0 Å². The van der Waals surface area contributed by atoms with Gasteiger partial charge in [-0.05, 0) is 52.1 Å². The normalized spacial score (nSPS) is 22.8. The maximum absolute atomic E-state index is 12.1. The summed E-state index contributed by atoms with van der Waals surface area (Å²) in [7, 11) is 1.48. The third-order valence-electron chi connectivity index (χ3n) is 4.67. The highest BCUT2D eigenvalue weighted by Crippen LogP contribution is 2.23. The summed E-state index contributed by atoms with van der Waals surface area (Å²) in [5.74, 6) is -0.139. The number of rotatable bonds is 9. The second-order valence-electron chi connectivity index (χ2n) is 6.47. The third-order valence-corrected chi connectivity index (χ3v) is 4.67. The molecule has 1 aliphatic rings. The minimum absolute atomic E-state index is 0.139. The lowest BCUT2D eigenvalue weighted by Gasteiger charge is -2.38. The topological polar surface area (TPSA) is 41.6 Å². The van der Waals surface area contributed by atoms with Gasteiger partial charge < -0.3 is 15.0 Å². The fourth-order valence-corrected chi connectivity index (χ4v) is 3.27. The maximum Gasteiger partial charge on any atom is 0.325 e. The van der Waals surface area contributed by atoms with Crippen molar-refractivity contribution in [3.63, 3.8) is 0 Å². The summed E-state index contributed by atoms with van der Waals surface area (Å²) < 4.78 is 5.01. The minimum Gasteiger partial charge on any atom is -0.468 e. The first-order chi connectivity index (χ1) is 10.1. The monoisotopic (exact) mass is 298 g/mol. The van der Waals surface area contributed by atoms with Crippen LogP contribution < -0.4 is 5.32 Å². The van der Waals surface area contributed by atoms with Gasteiger partial charge in [0.25, 0.3) is 0 Å². The molecule has 1 fully saturated rings. The van der Waals surface area contributed by atoms with Gasteiger partial charge in [0.2, 0.25) is 0 Å². The molecule has 4 nitrogen and oxygen atoms in total. The van der Waals surface area contributed by atoms with Crippen molar-refractivity contribution in [3.05, 3.63) is 0 Å². The molecule has 2 unspecified atom stereocenters. The Balaban J connectivity index is 2.59. The first-order valence-electron chi connectivity index (χ1n) is 8.64. The average Bonchev–Trinajstić information content (AvgIpc) is 2.51. The quantitative estimate of drug-likeness (QED) is 0.665. The minimum atomic E-state index is -0.557.